The average Bonchev–Trinajstić information content (AvgIpc) is 2.85. The molecular formula is C30H27F5O. The van der Waals surface area contributed by atoms with E-state index in [4.69, 9.17) is 0 Å². The molecule has 0 fully saturated rings. The van der Waals surface area contributed by atoms with Gasteiger partial charge in [-0.1, -0.05) is 67.9 Å². The van der Waals surface area contributed by atoms with Crippen molar-refractivity contribution in [2.45, 2.75) is 52.1 Å². The first kappa shape index (κ1) is 25.7. The normalized spacial score (nSPS) is 11.4. The maximum atomic E-state index is 15.2. The van der Waals surface area contributed by atoms with E-state index in [1.807, 2.05) is 18.2 Å². The van der Waals surface area contributed by atoms with E-state index in [1.165, 1.54) is 11.1 Å². The van der Waals surface area contributed by atoms with Crippen LogP contribution in [-0.2, 0) is 32.1 Å². The molecule has 0 saturated carbocycles. The van der Waals surface area contributed by atoms with Crippen LogP contribution < -0.4 is 4.74 Å². The third-order valence-corrected chi connectivity index (χ3v) is 6.31. The van der Waals surface area contributed by atoms with Crippen LogP contribution in [0.1, 0.15) is 41.2 Å². The third-order valence-electron chi connectivity index (χ3n) is 6.31. The highest BCUT2D eigenvalue weighted by atomic mass is 19.3. The van der Waals surface area contributed by atoms with Gasteiger partial charge in [-0.25, -0.2) is 13.2 Å². The zero-order valence-corrected chi connectivity index (χ0v) is 20.0. The van der Waals surface area contributed by atoms with Crippen LogP contribution in [0.15, 0.2) is 66.7 Å². The lowest BCUT2D eigenvalue weighted by Gasteiger charge is -2.11. The molecule has 0 N–H and O–H groups in total. The van der Waals surface area contributed by atoms with E-state index >= 15 is 4.39 Å². The first-order chi connectivity index (χ1) is 17.3. The van der Waals surface area contributed by atoms with Crippen LogP contribution >= 0.6 is 0 Å². The number of halogens is 5. The van der Waals surface area contributed by atoms with Gasteiger partial charge in [0.15, 0.2) is 17.4 Å². The van der Waals surface area contributed by atoms with Gasteiger partial charge < -0.3 is 4.74 Å². The molecule has 36 heavy (non-hydrogen) atoms. The summed E-state index contributed by atoms with van der Waals surface area (Å²) in [5, 5.41) is 1.27. The van der Waals surface area contributed by atoms with Crippen LogP contribution in [0.4, 0.5) is 22.0 Å². The summed E-state index contributed by atoms with van der Waals surface area (Å²) in [5.74, 6) is -3.92. The Bertz CT molecular complexity index is 1310. The van der Waals surface area contributed by atoms with Gasteiger partial charge in [-0.2, -0.15) is 8.78 Å². The number of benzene rings is 4. The van der Waals surface area contributed by atoms with Crippen LogP contribution in [0.25, 0.3) is 10.8 Å². The van der Waals surface area contributed by atoms with Gasteiger partial charge in [0.25, 0.3) is 0 Å². The second kappa shape index (κ2) is 11.5. The number of hydrogen-bond donors (Lipinski definition) is 0. The Morgan fingerprint density at radius 3 is 1.86 bits per heavy atom. The van der Waals surface area contributed by atoms with E-state index in [9.17, 15) is 17.6 Å². The minimum Gasteiger partial charge on any atom is -0.429 e. The molecule has 0 aliphatic rings. The van der Waals surface area contributed by atoms with Crippen molar-refractivity contribution in [1.82, 2.24) is 0 Å². The summed E-state index contributed by atoms with van der Waals surface area (Å²) in [6.45, 7) is -1.17. The van der Waals surface area contributed by atoms with E-state index in [-0.39, 0.29) is 24.2 Å². The fourth-order valence-corrected chi connectivity index (χ4v) is 4.42. The highest BCUT2D eigenvalue weighted by Gasteiger charge is 2.17. The lowest BCUT2D eigenvalue weighted by Crippen LogP contribution is -2.06. The molecule has 0 spiro atoms. The molecule has 0 saturated heterocycles. The predicted octanol–water partition coefficient (Wildman–Crippen LogP) is 8.38. The fourth-order valence-electron chi connectivity index (χ4n) is 4.42. The molecule has 0 aromatic heterocycles. The van der Waals surface area contributed by atoms with Crippen molar-refractivity contribution in [3.8, 4) is 5.75 Å². The molecule has 0 radical (unpaired) electrons. The smallest absolute Gasteiger partial charge is 0.387 e. The van der Waals surface area contributed by atoms with Crippen molar-refractivity contribution in [2.75, 3.05) is 0 Å². The van der Waals surface area contributed by atoms with Crippen LogP contribution in [0.2, 0.25) is 0 Å². The molecule has 6 heteroatoms. The highest BCUT2D eigenvalue weighted by Crippen LogP contribution is 2.27. The lowest BCUT2D eigenvalue weighted by atomic mass is 9.97. The maximum Gasteiger partial charge on any atom is 0.387 e. The van der Waals surface area contributed by atoms with Gasteiger partial charge in [0.05, 0.1) is 0 Å². The first-order valence-corrected chi connectivity index (χ1v) is 12.0. The summed E-state index contributed by atoms with van der Waals surface area (Å²) in [7, 11) is 0. The summed E-state index contributed by atoms with van der Waals surface area (Å²) in [6, 6.07) is 19.7. The minimum absolute atomic E-state index is 0.139. The Morgan fingerprint density at radius 2 is 1.22 bits per heavy atom. The van der Waals surface area contributed by atoms with Crippen molar-refractivity contribution in [1.29, 1.82) is 0 Å². The monoisotopic (exact) mass is 498 g/mol. The van der Waals surface area contributed by atoms with E-state index in [1.54, 1.807) is 12.1 Å². The molecule has 4 aromatic carbocycles. The number of hydrogen-bond acceptors (Lipinski definition) is 1. The van der Waals surface area contributed by atoms with Crippen LogP contribution in [0, 0.1) is 17.5 Å². The molecule has 188 valence electrons. The number of rotatable bonds is 10. The Balaban J connectivity index is 1.43. The quantitative estimate of drug-likeness (QED) is 0.200. The van der Waals surface area contributed by atoms with Gasteiger partial charge in [-0.15, -0.1) is 0 Å². The average molecular weight is 499 g/mol. The molecular weight excluding hydrogens is 471 g/mol. The van der Waals surface area contributed by atoms with Crippen molar-refractivity contribution in [2.24, 2.45) is 0 Å². The Kier molecular flexibility index (Phi) is 8.24. The predicted molar refractivity (Wildman–Crippen MR) is 132 cm³/mol. The highest BCUT2D eigenvalue weighted by molar-refractivity contribution is 5.84. The molecule has 1 nitrogen and oxygen atoms in total. The van der Waals surface area contributed by atoms with E-state index in [2.05, 4.69) is 35.9 Å². The summed E-state index contributed by atoms with van der Waals surface area (Å²) in [5.41, 5.74) is 4.36. The van der Waals surface area contributed by atoms with Gasteiger partial charge in [0.2, 0.25) is 0 Å². The maximum absolute atomic E-state index is 15.2. The van der Waals surface area contributed by atoms with Gasteiger partial charge >= 0.3 is 6.61 Å². The first-order valence-electron chi connectivity index (χ1n) is 12.0. The zero-order chi connectivity index (χ0) is 25.7. The van der Waals surface area contributed by atoms with E-state index in [0.717, 1.165) is 48.8 Å². The summed E-state index contributed by atoms with van der Waals surface area (Å²) >= 11 is 0. The van der Waals surface area contributed by atoms with Gasteiger partial charge in [-0.05, 0) is 77.4 Å². The summed E-state index contributed by atoms with van der Waals surface area (Å²) in [6.07, 6.45) is 4.28. The Labute approximate surface area is 207 Å². The van der Waals surface area contributed by atoms with E-state index < -0.39 is 24.0 Å². The second-order valence-electron chi connectivity index (χ2n) is 8.93. The van der Waals surface area contributed by atoms with Crippen LogP contribution in [0.5, 0.6) is 5.75 Å². The molecule has 0 atom stereocenters. The summed E-state index contributed by atoms with van der Waals surface area (Å²) in [4.78, 5) is 0. The Morgan fingerprint density at radius 1 is 0.639 bits per heavy atom. The fraction of sp³-hybridized carbons (Fsp3) is 0.267. The molecule has 0 bridgehead atoms. The van der Waals surface area contributed by atoms with Crippen molar-refractivity contribution >= 4 is 10.8 Å². The third kappa shape index (κ3) is 6.23. The lowest BCUT2D eigenvalue weighted by molar-refractivity contribution is -0.0546. The van der Waals surface area contributed by atoms with E-state index in [0.29, 0.717) is 10.9 Å². The second-order valence-corrected chi connectivity index (χ2v) is 8.93. The van der Waals surface area contributed by atoms with Crippen LogP contribution in [-0.4, -0.2) is 6.61 Å². The molecule has 0 unspecified atom stereocenters. The molecule has 0 aliphatic carbocycles. The number of aryl methyl sites for hydroxylation is 5. The largest absolute Gasteiger partial charge is 0.429 e. The molecule has 0 amide bonds. The SMILES string of the molecule is CCCc1ccc(CCc2ccc3c(F)c(CCc4cc(F)c(OC(F)F)c(F)c4)ccc3c2)cc1. The summed E-state index contributed by atoms with van der Waals surface area (Å²) < 4.78 is 71.6. The topological polar surface area (TPSA) is 9.23 Å². The molecule has 4 aromatic rings. The van der Waals surface area contributed by atoms with Crippen molar-refractivity contribution < 1.29 is 26.7 Å². The zero-order valence-electron chi connectivity index (χ0n) is 20.0. The Hall–Kier alpha value is -3.41. The van der Waals surface area contributed by atoms with Crippen molar-refractivity contribution in [3.05, 3.63) is 112 Å². The van der Waals surface area contributed by atoms with Crippen molar-refractivity contribution in [3.63, 3.8) is 0 Å². The minimum atomic E-state index is -3.33. The number of alkyl halides is 2. The standard InChI is InChI=1S/C30H27F5O/c1-2-3-19-4-6-20(7-5-19)8-9-21-11-15-25-24(16-21)14-13-23(28(25)33)12-10-22-17-26(31)29(27(32)18-22)36-30(34)35/h4-7,11,13-18,30H,2-3,8-10,12H2,1H3. The molecule has 0 aliphatic heterocycles. The van der Waals surface area contributed by atoms with Gasteiger partial charge in [0.1, 0.15) is 5.82 Å². The van der Waals surface area contributed by atoms with Gasteiger partial charge in [-0.3, -0.25) is 0 Å². The molecule has 0 heterocycles. The molecule has 4 rings (SSSR count). The van der Waals surface area contributed by atoms with Gasteiger partial charge in [0, 0.05) is 5.39 Å². The van der Waals surface area contributed by atoms with Crippen LogP contribution in [0.3, 0.4) is 0 Å². The number of fused-ring (bicyclic) bond motifs is 1. The number of ether oxygens (including phenoxy) is 1.